The summed E-state index contributed by atoms with van der Waals surface area (Å²) < 4.78 is 11.4. The molecule has 1 spiro atoms. The number of fused-ring (bicyclic) bond motifs is 3. The molecule has 5 rings (SSSR count). The number of nitrogens with one attached hydrogen (secondary N) is 1. The van der Waals surface area contributed by atoms with Crippen LogP contribution in [0.1, 0.15) is 53.2 Å². The van der Waals surface area contributed by atoms with Crippen LogP contribution in [0.2, 0.25) is 0 Å². The van der Waals surface area contributed by atoms with Crippen LogP contribution in [0.15, 0.2) is 22.3 Å². The van der Waals surface area contributed by atoms with Gasteiger partial charge in [0.15, 0.2) is 5.69 Å². The monoisotopic (exact) mass is 426 g/mol. The minimum atomic E-state index is -1.07. The van der Waals surface area contributed by atoms with Gasteiger partial charge in [-0.1, -0.05) is 6.07 Å². The Kier molecular flexibility index (Phi) is 4.41. The molecule has 8 nitrogen and oxygen atoms in total. The van der Waals surface area contributed by atoms with Crippen molar-refractivity contribution in [2.45, 2.75) is 44.7 Å². The van der Waals surface area contributed by atoms with Crippen LogP contribution in [-0.4, -0.2) is 38.2 Å². The summed E-state index contributed by atoms with van der Waals surface area (Å²) in [5.74, 6) is -0.254. The molecule has 1 fully saturated rings. The smallest absolute Gasteiger partial charge is 0.357 e. The van der Waals surface area contributed by atoms with Gasteiger partial charge in [-0.2, -0.15) is 4.37 Å². The lowest BCUT2D eigenvalue weighted by Gasteiger charge is -2.22. The second-order valence-electron chi connectivity index (χ2n) is 8.22. The fraction of sp³-hybridized carbons (Fsp3) is 0.429. The molecule has 0 aliphatic carbocycles. The van der Waals surface area contributed by atoms with E-state index < -0.39 is 5.97 Å². The Hall–Kier alpha value is -2.78. The van der Waals surface area contributed by atoms with Gasteiger partial charge in [-0.05, 0) is 49.9 Å². The van der Waals surface area contributed by atoms with Crippen LogP contribution in [0.4, 0.5) is 5.69 Å². The van der Waals surface area contributed by atoms with Crippen LogP contribution >= 0.6 is 11.5 Å². The average Bonchev–Trinajstić information content (AvgIpc) is 3.44. The highest BCUT2D eigenvalue weighted by molar-refractivity contribution is 7.04. The molecule has 0 saturated carbocycles. The van der Waals surface area contributed by atoms with E-state index in [4.69, 9.17) is 9.72 Å². The largest absolute Gasteiger partial charge is 0.476 e. The summed E-state index contributed by atoms with van der Waals surface area (Å²) in [6.45, 7) is 5.85. The first-order chi connectivity index (χ1) is 14.4. The summed E-state index contributed by atoms with van der Waals surface area (Å²) in [6.07, 6.45) is 1.75. The Labute approximate surface area is 176 Å². The van der Waals surface area contributed by atoms with Crippen molar-refractivity contribution in [2.75, 3.05) is 18.5 Å². The molecule has 3 aromatic rings. The molecule has 2 aromatic heterocycles. The van der Waals surface area contributed by atoms with Crippen molar-refractivity contribution < 1.29 is 14.6 Å². The maximum absolute atomic E-state index is 13.3. The van der Waals surface area contributed by atoms with Gasteiger partial charge in [0.2, 0.25) is 0 Å². The topological polar surface area (TPSA) is 106 Å². The molecule has 156 valence electrons. The highest BCUT2D eigenvalue weighted by Crippen LogP contribution is 2.40. The number of hydrogen-bond donors (Lipinski definition) is 2. The molecule has 2 N–H and O–H groups in total. The molecule has 0 radical (unpaired) electrons. The van der Waals surface area contributed by atoms with Crippen molar-refractivity contribution >= 4 is 34.1 Å². The van der Waals surface area contributed by atoms with Crippen LogP contribution < -0.4 is 10.9 Å². The van der Waals surface area contributed by atoms with Gasteiger partial charge in [-0.25, -0.2) is 9.78 Å². The van der Waals surface area contributed by atoms with Crippen molar-refractivity contribution in [1.29, 1.82) is 0 Å². The van der Waals surface area contributed by atoms with Gasteiger partial charge in [0.25, 0.3) is 5.56 Å². The van der Waals surface area contributed by atoms with Crippen molar-refractivity contribution in [3.63, 3.8) is 0 Å². The minimum absolute atomic E-state index is 0.000198. The van der Waals surface area contributed by atoms with Crippen LogP contribution in [0.25, 0.3) is 10.9 Å². The zero-order valence-corrected chi connectivity index (χ0v) is 17.6. The van der Waals surface area contributed by atoms with E-state index in [1.165, 1.54) is 0 Å². The number of anilines is 1. The van der Waals surface area contributed by atoms with E-state index in [2.05, 4.69) is 9.69 Å². The van der Waals surface area contributed by atoms with Crippen molar-refractivity contribution in [3.8, 4) is 0 Å². The number of carbonyl (C=O) groups is 1. The summed E-state index contributed by atoms with van der Waals surface area (Å²) in [5.41, 5.74) is 2.77. The summed E-state index contributed by atoms with van der Waals surface area (Å²) in [5, 5.41) is 14.9. The van der Waals surface area contributed by atoms with E-state index in [0.717, 1.165) is 41.3 Å². The van der Waals surface area contributed by atoms with Gasteiger partial charge >= 0.3 is 5.97 Å². The fourth-order valence-electron chi connectivity index (χ4n) is 4.67. The van der Waals surface area contributed by atoms with Gasteiger partial charge in [0.1, 0.15) is 5.82 Å². The van der Waals surface area contributed by atoms with Gasteiger partial charge in [0, 0.05) is 24.1 Å². The lowest BCUT2D eigenvalue weighted by molar-refractivity contribution is 0.0693. The van der Waals surface area contributed by atoms with Gasteiger partial charge in [-0.3, -0.25) is 9.36 Å². The Morgan fingerprint density at radius 1 is 1.40 bits per heavy atom. The molecule has 1 saturated heterocycles. The fourth-order valence-corrected chi connectivity index (χ4v) is 5.29. The van der Waals surface area contributed by atoms with Gasteiger partial charge in [-0.15, -0.1) is 0 Å². The van der Waals surface area contributed by atoms with Crippen LogP contribution in [0, 0.1) is 6.92 Å². The second kappa shape index (κ2) is 6.88. The Morgan fingerprint density at radius 2 is 2.23 bits per heavy atom. The number of carboxylic acid groups (broad SMARTS) is 1. The Bertz CT molecular complexity index is 1230. The van der Waals surface area contributed by atoms with E-state index in [-0.39, 0.29) is 22.7 Å². The maximum Gasteiger partial charge on any atom is 0.357 e. The van der Waals surface area contributed by atoms with E-state index in [0.29, 0.717) is 36.3 Å². The third-order valence-corrected chi connectivity index (χ3v) is 6.86. The number of nitrogens with zero attached hydrogens (tertiary/aromatic N) is 3. The quantitative estimate of drug-likeness (QED) is 0.660. The van der Waals surface area contributed by atoms with Crippen molar-refractivity contribution in [3.05, 3.63) is 50.5 Å². The van der Waals surface area contributed by atoms with Crippen molar-refractivity contribution in [2.24, 2.45) is 0 Å². The molecule has 2 aliphatic rings. The molecule has 2 atom stereocenters. The normalized spacial score (nSPS) is 21.3. The number of aryl methyl sites for hydroxylation is 1. The van der Waals surface area contributed by atoms with Gasteiger partial charge in [0.05, 0.1) is 34.7 Å². The molecular weight excluding hydrogens is 404 g/mol. The van der Waals surface area contributed by atoms with E-state index >= 15 is 0 Å². The lowest BCUT2D eigenvalue weighted by Crippen LogP contribution is -2.29. The molecule has 0 unspecified atom stereocenters. The number of aromatic carboxylic acids is 1. The summed E-state index contributed by atoms with van der Waals surface area (Å²) in [4.78, 5) is 29.8. The number of carboxylic acids is 1. The van der Waals surface area contributed by atoms with E-state index in [1.54, 1.807) is 5.38 Å². The minimum Gasteiger partial charge on any atom is -0.476 e. The Morgan fingerprint density at radius 3 is 2.97 bits per heavy atom. The van der Waals surface area contributed by atoms with Crippen LogP contribution in [-0.2, 0) is 16.7 Å². The first-order valence-corrected chi connectivity index (χ1v) is 10.8. The molecule has 0 amide bonds. The second-order valence-corrected chi connectivity index (χ2v) is 8.85. The van der Waals surface area contributed by atoms with Crippen molar-refractivity contribution in [1.82, 2.24) is 13.9 Å². The maximum atomic E-state index is 13.3. The van der Waals surface area contributed by atoms with Gasteiger partial charge < -0.3 is 15.2 Å². The number of rotatable bonds is 4. The first-order valence-electron chi connectivity index (χ1n) is 9.97. The highest BCUT2D eigenvalue weighted by atomic mass is 32.1. The van der Waals surface area contributed by atoms with Crippen LogP contribution in [0.5, 0.6) is 0 Å². The highest BCUT2D eigenvalue weighted by Gasteiger charge is 2.44. The molecule has 9 heteroatoms. The third kappa shape index (κ3) is 2.84. The molecule has 30 heavy (non-hydrogen) atoms. The average molecular weight is 426 g/mol. The SMILES string of the molecule is Cc1cc([C@@H](C)Nc2csnc2C(=O)O)c2nc3n(c(=O)c2c1)CC[C@]31CCOC1. The van der Waals surface area contributed by atoms with E-state index in [9.17, 15) is 14.7 Å². The first kappa shape index (κ1) is 19.2. The summed E-state index contributed by atoms with van der Waals surface area (Å²) in [7, 11) is 0. The van der Waals surface area contributed by atoms with Crippen LogP contribution in [0.3, 0.4) is 0 Å². The molecule has 4 heterocycles. The Balaban J connectivity index is 1.65. The lowest BCUT2D eigenvalue weighted by atomic mass is 9.85. The number of ether oxygens (including phenoxy) is 1. The summed E-state index contributed by atoms with van der Waals surface area (Å²) >= 11 is 1.09. The molecule has 1 aromatic carbocycles. The zero-order valence-electron chi connectivity index (χ0n) is 16.8. The standard InChI is InChI=1S/C21H22N4O4S/c1-11-7-13(12(2)22-15-9-30-24-17(15)19(27)28)16-14(8-11)18(26)25-5-3-21(20(25)23-16)4-6-29-10-21/h7-9,12,22H,3-6,10H2,1-2H3,(H,27,28)/t12-,21-/m1/s1. The zero-order chi connectivity index (χ0) is 21.0. The predicted molar refractivity (Wildman–Crippen MR) is 114 cm³/mol. The molecule has 2 aliphatic heterocycles. The summed E-state index contributed by atoms with van der Waals surface area (Å²) in [6, 6.07) is 3.64. The number of hydrogen-bond acceptors (Lipinski definition) is 7. The predicted octanol–water partition coefficient (Wildman–Crippen LogP) is 3.09. The molecule has 0 bridgehead atoms. The van der Waals surface area contributed by atoms with E-state index in [1.807, 2.05) is 30.5 Å². The number of benzene rings is 1. The number of aromatic nitrogens is 3. The third-order valence-electron chi connectivity index (χ3n) is 6.24. The molecular formula is C21H22N4O4S.